The lowest BCUT2D eigenvalue weighted by Gasteiger charge is -2.22. The van der Waals surface area contributed by atoms with E-state index in [-0.39, 0.29) is 6.04 Å². The van der Waals surface area contributed by atoms with Crippen LogP contribution in [0.4, 0.5) is 0 Å². The molecule has 0 saturated carbocycles. The minimum Gasteiger partial charge on any atom is -0.381 e. The summed E-state index contributed by atoms with van der Waals surface area (Å²) in [5, 5.41) is 7.14. The van der Waals surface area contributed by atoms with Gasteiger partial charge in [-0.1, -0.05) is 0 Å². The molecule has 1 atom stereocenters. The Balaban J connectivity index is 2.17. The van der Waals surface area contributed by atoms with Gasteiger partial charge in [0.05, 0.1) is 6.20 Å². The Hall–Kier alpha value is -0.870. The molecule has 1 aromatic heterocycles. The van der Waals surface area contributed by atoms with E-state index in [2.05, 4.69) is 10.2 Å². The number of hydrogen-bond donors (Lipinski definition) is 2. The summed E-state index contributed by atoms with van der Waals surface area (Å²) in [7, 11) is 0. The highest BCUT2D eigenvalue weighted by Crippen LogP contribution is 2.29. The molecule has 1 aliphatic rings. The number of hydrogen-bond acceptors (Lipinski definition) is 3. The van der Waals surface area contributed by atoms with Crippen LogP contribution in [0.3, 0.4) is 0 Å². The molecule has 2 heterocycles. The Kier molecular flexibility index (Phi) is 2.84. The molecule has 3 N–H and O–H groups in total. The summed E-state index contributed by atoms with van der Waals surface area (Å²) in [6, 6.07) is 0.0617. The predicted molar refractivity (Wildman–Crippen MR) is 54.0 cm³/mol. The van der Waals surface area contributed by atoms with Crippen molar-refractivity contribution in [3.63, 3.8) is 0 Å². The van der Waals surface area contributed by atoms with Gasteiger partial charge in [0, 0.05) is 36.4 Å². The Morgan fingerprint density at radius 3 is 2.93 bits per heavy atom. The molecule has 4 heteroatoms. The van der Waals surface area contributed by atoms with Crippen LogP contribution < -0.4 is 5.73 Å². The van der Waals surface area contributed by atoms with E-state index in [1.165, 1.54) is 5.69 Å². The number of aromatic nitrogens is 2. The van der Waals surface area contributed by atoms with Gasteiger partial charge in [0.1, 0.15) is 0 Å². The first-order valence-corrected chi connectivity index (χ1v) is 5.15. The van der Waals surface area contributed by atoms with Crippen molar-refractivity contribution in [1.29, 1.82) is 0 Å². The molecule has 0 radical (unpaired) electrons. The second-order valence-electron chi connectivity index (χ2n) is 3.91. The van der Waals surface area contributed by atoms with Crippen LogP contribution in [0.15, 0.2) is 6.20 Å². The van der Waals surface area contributed by atoms with E-state index < -0.39 is 0 Å². The van der Waals surface area contributed by atoms with Crippen LogP contribution >= 0.6 is 0 Å². The first-order chi connectivity index (χ1) is 6.79. The van der Waals surface area contributed by atoms with Crippen LogP contribution in [0, 0.1) is 0 Å². The van der Waals surface area contributed by atoms with E-state index in [0.29, 0.717) is 5.92 Å². The van der Waals surface area contributed by atoms with Crippen LogP contribution in [0.25, 0.3) is 0 Å². The molecule has 2 rings (SSSR count). The number of ether oxygens (including phenoxy) is 1. The van der Waals surface area contributed by atoms with Crippen molar-refractivity contribution < 1.29 is 4.74 Å². The summed E-state index contributed by atoms with van der Waals surface area (Å²) in [5.74, 6) is 0.548. The minimum absolute atomic E-state index is 0.0617. The maximum atomic E-state index is 5.87. The number of H-pyrrole nitrogens is 1. The van der Waals surface area contributed by atoms with Crippen molar-refractivity contribution in [2.75, 3.05) is 13.2 Å². The van der Waals surface area contributed by atoms with Crippen LogP contribution in [-0.4, -0.2) is 23.4 Å². The molecule has 1 aliphatic heterocycles. The third kappa shape index (κ3) is 1.81. The largest absolute Gasteiger partial charge is 0.381 e. The number of nitrogens with zero attached hydrogens (tertiary/aromatic N) is 1. The van der Waals surface area contributed by atoms with Crippen molar-refractivity contribution in [3.8, 4) is 0 Å². The molecule has 0 spiro atoms. The summed E-state index contributed by atoms with van der Waals surface area (Å²) in [6.07, 6.45) is 3.99. The summed E-state index contributed by atoms with van der Waals surface area (Å²) < 4.78 is 5.33. The lowest BCUT2D eigenvalue weighted by Crippen LogP contribution is -2.17. The third-order valence-electron chi connectivity index (χ3n) is 2.82. The van der Waals surface area contributed by atoms with E-state index in [1.54, 1.807) is 0 Å². The molecule has 78 valence electrons. The Labute approximate surface area is 83.8 Å². The van der Waals surface area contributed by atoms with Crippen molar-refractivity contribution in [2.24, 2.45) is 5.73 Å². The third-order valence-corrected chi connectivity index (χ3v) is 2.82. The van der Waals surface area contributed by atoms with Crippen LogP contribution in [-0.2, 0) is 4.74 Å². The first kappa shape index (κ1) is 9.68. The molecule has 0 aliphatic carbocycles. The van der Waals surface area contributed by atoms with Gasteiger partial charge in [0.25, 0.3) is 0 Å². The van der Waals surface area contributed by atoms with Crippen molar-refractivity contribution >= 4 is 0 Å². The summed E-state index contributed by atoms with van der Waals surface area (Å²) in [4.78, 5) is 0. The number of nitrogens with two attached hydrogens (primary N) is 1. The zero-order chi connectivity index (χ0) is 9.97. The second-order valence-corrected chi connectivity index (χ2v) is 3.91. The molecule has 1 saturated heterocycles. The summed E-state index contributed by atoms with van der Waals surface area (Å²) >= 11 is 0. The summed E-state index contributed by atoms with van der Waals surface area (Å²) in [6.45, 7) is 3.69. The molecule has 1 aromatic rings. The quantitative estimate of drug-likeness (QED) is 0.748. The van der Waals surface area contributed by atoms with E-state index in [1.807, 2.05) is 13.1 Å². The zero-order valence-corrected chi connectivity index (χ0v) is 8.49. The highest BCUT2D eigenvalue weighted by molar-refractivity contribution is 5.23. The minimum atomic E-state index is 0.0617. The molecule has 0 aromatic carbocycles. The fourth-order valence-corrected chi connectivity index (χ4v) is 1.98. The average molecular weight is 195 g/mol. The normalized spacial score (nSPS) is 21.0. The highest BCUT2D eigenvalue weighted by Gasteiger charge is 2.21. The van der Waals surface area contributed by atoms with Gasteiger partial charge in [0.2, 0.25) is 0 Å². The van der Waals surface area contributed by atoms with Crippen molar-refractivity contribution in [1.82, 2.24) is 10.2 Å². The van der Waals surface area contributed by atoms with Gasteiger partial charge in [-0.2, -0.15) is 5.10 Å². The molecule has 0 amide bonds. The predicted octanol–water partition coefficient (Wildman–Crippen LogP) is 1.32. The maximum absolute atomic E-state index is 5.87. The van der Waals surface area contributed by atoms with Gasteiger partial charge in [0.15, 0.2) is 0 Å². The molecule has 14 heavy (non-hydrogen) atoms. The number of aromatic amines is 1. The lowest BCUT2D eigenvalue weighted by atomic mass is 9.92. The van der Waals surface area contributed by atoms with Gasteiger partial charge in [-0.3, -0.25) is 5.10 Å². The Morgan fingerprint density at radius 2 is 2.29 bits per heavy atom. The first-order valence-electron chi connectivity index (χ1n) is 5.15. The van der Waals surface area contributed by atoms with Gasteiger partial charge >= 0.3 is 0 Å². The average Bonchev–Trinajstić information content (AvgIpc) is 2.67. The monoisotopic (exact) mass is 195 g/mol. The van der Waals surface area contributed by atoms with E-state index in [9.17, 15) is 0 Å². The maximum Gasteiger partial charge on any atom is 0.0537 e. The van der Waals surface area contributed by atoms with Gasteiger partial charge in [-0.15, -0.1) is 0 Å². The molecular weight excluding hydrogens is 178 g/mol. The highest BCUT2D eigenvalue weighted by atomic mass is 16.5. The summed E-state index contributed by atoms with van der Waals surface area (Å²) in [5.41, 5.74) is 8.24. The van der Waals surface area contributed by atoms with Crippen molar-refractivity contribution in [2.45, 2.75) is 31.7 Å². The fourth-order valence-electron chi connectivity index (χ4n) is 1.98. The fraction of sp³-hybridized carbons (Fsp3) is 0.700. The zero-order valence-electron chi connectivity index (χ0n) is 8.49. The van der Waals surface area contributed by atoms with E-state index >= 15 is 0 Å². The Morgan fingerprint density at radius 1 is 1.57 bits per heavy atom. The van der Waals surface area contributed by atoms with Crippen molar-refractivity contribution in [3.05, 3.63) is 17.5 Å². The van der Waals surface area contributed by atoms with Gasteiger partial charge in [-0.05, 0) is 19.8 Å². The van der Waals surface area contributed by atoms with Crippen LogP contribution in [0.2, 0.25) is 0 Å². The SMILES string of the molecule is CC(N)c1cn[nH]c1C1CCOCC1. The smallest absolute Gasteiger partial charge is 0.0537 e. The second kappa shape index (κ2) is 4.11. The van der Waals surface area contributed by atoms with Gasteiger partial charge < -0.3 is 10.5 Å². The molecule has 4 nitrogen and oxygen atoms in total. The Bertz CT molecular complexity index is 289. The lowest BCUT2D eigenvalue weighted by molar-refractivity contribution is 0.0842. The number of rotatable bonds is 2. The topological polar surface area (TPSA) is 63.9 Å². The number of nitrogens with one attached hydrogen (secondary N) is 1. The standard InChI is InChI=1S/C10H17N3O/c1-7(11)9-6-12-13-10(9)8-2-4-14-5-3-8/h6-8H,2-5,11H2,1H3,(H,12,13). The van der Waals surface area contributed by atoms with Gasteiger partial charge in [-0.25, -0.2) is 0 Å². The molecule has 1 unspecified atom stereocenters. The van der Waals surface area contributed by atoms with Crippen LogP contribution in [0.1, 0.15) is 43.0 Å². The van der Waals surface area contributed by atoms with E-state index in [4.69, 9.17) is 10.5 Å². The molecule has 1 fully saturated rings. The van der Waals surface area contributed by atoms with Crippen LogP contribution in [0.5, 0.6) is 0 Å². The van der Waals surface area contributed by atoms with E-state index in [0.717, 1.165) is 31.6 Å². The molecular formula is C10H17N3O. The molecule has 0 bridgehead atoms.